The minimum absolute atomic E-state index is 0.00821. The monoisotopic (exact) mass is 385 g/mol. The van der Waals surface area contributed by atoms with Crippen LogP contribution in [0.5, 0.6) is 5.75 Å². The van der Waals surface area contributed by atoms with Crippen molar-refractivity contribution in [2.75, 3.05) is 5.32 Å². The van der Waals surface area contributed by atoms with Crippen molar-refractivity contribution in [3.63, 3.8) is 0 Å². The zero-order valence-corrected chi connectivity index (χ0v) is 15.3. The molecule has 26 heavy (non-hydrogen) atoms. The van der Waals surface area contributed by atoms with E-state index in [9.17, 15) is 18.0 Å². The Balaban J connectivity index is 2.15. The van der Waals surface area contributed by atoms with Gasteiger partial charge in [-0.1, -0.05) is 24.6 Å². The second-order valence-corrected chi connectivity index (χ2v) is 6.35. The SMILES string of the molecule is CCC(Oc1ccc(C)c(C)c1)C(=O)Nc1ccc(Cl)c(C(F)(F)F)c1. The Bertz CT molecular complexity index is 806. The van der Waals surface area contributed by atoms with E-state index in [0.717, 1.165) is 23.3 Å². The fourth-order valence-electron chi connectivity index (χ4n) is 2.32. The van der Waals surface area contributed by atoms with E-state index in [4.69, 9.17) is 16.3 Å². The number of halogens is 4. The lowest BCUT2D eigenvalue weighted by molar-refractivity contribution is -0.137. The highest BCUT2D eigenvalue weighted by Gasteiger charge is 2.33. The number of amides is 1. The van der Waals surface area contributed by atoms with Gasteiger partial charge in [-0.25, -0.2) is 0 Å². The van der Waals surface area contributed by atoms with Gasteiger partial charge in [-0.15, -0.1) is 0 Å². The smallest absolute Gasteiger partial charge is 0.417 e. The molecule has 7 heteroatoms. The molecule has 0 aliphatic heterocycles. The number of aryl methyl sites for hydroxylation is 2. The molecule has 2 rings (SSSR count). The second kappa shape index (κ2) is 7.99. The molecule has 1 N–H and O–H groups in total. The van der Waals surface area contributed by atoms with Gasteiger partial charge in [0.15, 0.2) is 6.10 Å². The standard InChI is InChI=1S/C19H19ClF3NO2/c1-4-17(26-14-7-5-11(2)12(3)9-14)18(25)24-13-6-8-16(20)15(10-13)19(21,22)23/h5-10,17H,4H2,1-3H3,(H,24,25). The van der Waals surface area contributed by atoms with Crippen LogP contribution in [0.15, 0.2) is 36.4 Å². The number of nitrogens with one attached hydrogen (secondary N) is 1. The molecule has 0 aliphatic rings. The number of hydrogen-bond donors (Lipinski definition) is 1. The Morgan fingerprint density at radius 3 is 2.42 bits per heavy atom. The summed E-state index contributed by atoms with van der Waals surface area (Å²) in [7, 11) is 0. The van der Waals surface area contributed by atoms with Crippen molar-refractivity contribution < 1.29 is 22.7 Å². The zero-order valence-electron chi connectivity index (χ0n) is 14.6. The molecule has 1 unspecified atom stereocenters. The van der Waals surface area contributed by atoms with E-state index >= 15 is 0 Å². The predicted molar refractivity (Wildman–Crippen MR) is 95.7 cm³/mol. The molecule has 2 aromatic carbocycles. The Morgan fingerprint density at radius 2 is 1.85 bits per heavy atom. The van der Waals surface area contributed by atoms with Crippen LogP contribution in [-0.4, -0.2) is 12.0 Å². The van der Waals surface area contributed by atoms with Gasteiger partial charge in [-0.2, -0.15) is 13.2 Å². The van der Waals surface area contributed by atoms with E-state index < -0.39 is 28.8 Å². The minimum atomic E-state index is -4.60. The zero-order chi connectivity index (χ0) is 19.5. The van der Waals surface area contributed by atoms with Crippen LogP contribution >= 0.6 is 11.6 Å². The van der Waals surface area contributed by atoms with Crippen LogP contribution in [0.25, 0.3) is 0 Å². The molecule has 0 bridgehead atoms. The van der Waals surface area contributed by atoms with Crippen LogP contribution in [0.4, 0.5) is 18.9 Å². The molecule has 1 atom stereocenters. The quantitative estimate of drug-likeness (QED) is 0.709. The van der Waals surface area contributed by atoms with Gasteiger partial charge in [-0.05, 0) is 61.7 Å². The van der Waals surface area contributed by atoms with Crippen LogP contribution in [-0.2, 0) is 11.0 Å². The number of carbonyl (C=O) groups excluding carboxylic acids is 1. The number of alkyl halides is 3. The predicted octanol–water partition coefficient (Wildman–Crippen LogP) is 5.77. The van der Waals surface area contributed by atoms with Gasteiger partial charge in [0.05, 0.1) is 10.6 Å². The lowest BCUT2D eigenvalue weighted by Gasteiger charge is -2.18. The Kier molecular flexibility index (Phi) is 6.18. The van der Waals surface area contributed by atoms with Gasteiger partial charge in [-0.3, -0.25) is 4.79 Å². The highest BCUT2D eigenvalue weighted by Crippen LogP contribution is 2.36. The van der Waals surface area contributed by atoms with Crippen molar-refractivity contribution in [1.82, 2.24) is 0 Å². The number of carbonyl (C=O) groups is 1. The molecule has 0 heterocycles. The Labute approximate surface area is 155 Å². The van der Waals surface area contributed by atoms with Crippen molar-refractivity contribution >= 4 is 23.2 Å². The first-order chi connectivity index (χ1) is 12.1. The molecule has 0 radical (unpaired) electrons. The van der Waals surface area contributed by atoms with Gasteiger partial charge in [0.25, 0.3) is 5.91 Å². The molecule has 140 valence electrons. The summed E-state index contributed by atoms with van der Waals surface area (Å²) in [5, 5.41) is 2.03. The molecule has 2 aromatic rings. The summed E-state index contributed by atoms with van der Waals surface area (Å²) in [6.45, 7) is 5.64. The first-order valence-corrected chi connectivity index (χ1v) is 8.41. The second-order valence-electron chi connectivity index (χ2n) is 5.94. The van der Waals surface area contributed by atoms with Gasteiger partial charge in [0.2, 0.25) is 0 Å². The molecular weight excluding hydrogens is 367 g/mol. The first-order valence-electron chi connectivity index (χ1n) is 8.03. The maximum absolute atomic E-state index is 12.9. The van der Waals surface area contributed by atoms with Gasteiger partial charge >= 0.3 is 6.18 Å². The average Bonchev–Trinajstić information content (AvgIpc) is 2.56. The molecule has 0 fully saturated rings. The molecular formula is C19H19ClF3NO2. The summed E-state index contributed by atoms with van der Waals surface area (Å²) in [6, 6.07) is 8.67. The molecule has 0 saturated carbocycles. The molecule has 0 spiro atoms. The molecule has 3 nitrogen and oxygen atoms in total. The van der Waals surface area contributed by atoms with Crippen LogP contribution in [0.1, 0.15) is 30.0 Å². The maximum Gasteiger partial charge on any atom is 0.417 e. The van der Waals surface area contributed by atoms with E-state index in [2.05, 4.69) is 5.32 Å². The van der Waals surface area contributed by atoms with Crippen LogP contribution in [0.3, 0.4) is 0 Å². The van der Waals surface area contributed by atoms with E-state index in [1.165, 1.54) is 6.07 Å². The summed E-state index contributed by atoms with van der Waals surface area (Å²) in [4.78, 5) is 12.4. The van der Waals surface area contributed by atoms with Crippen molar-refractivity contribution in [2.45, 2.75) is 39.5 Å². The van der Waals surface area contributed by atoms with Crippen molar-refractivity contribution in [3.05, 3.63) is 58.1 Å². The van der Waals surface area contributed by atoms with Gasteiger partial charge in [0, 0.05) is 5.69 Å². The lowest BCUT2D eigenvalue weighted by Crippen LogP contribution is -2.32. The molecule has 0 aliphatic carbocycles. The molecule has 0 aromatic heterocycles. The van der Waals surface area contributed by atoms with Gasteiger partial charge < -0.3 is 10.1 Å². The third-order valence-corrected chi connectivity index (χ3v) is 4.29. The number of anilines is 1. The summed E-state index contributed by atoms with van der Waals surface area (Å²) in [5.41, 5.74) is 1.12. The van der Waals surface area contributed by atoms with E-state index in [1.807, 2.05) is 26.0 Å². The van der Waals surface area contributed by atoms with Crippen LogP contribution in [0, 0.1) is 13.8 Å². The van der Waals surface area contributed by atoms with E-state index in [0.29, 0.717) is 12.2 Å². The number of hydrogen-bond acceptors (Lipinski definition) is 2. The fourth-order valence-corrected chi connectivity index (χ4v) is 2.54. The maximum atomic E-state index is 12.9. The largest absolute Gasteiger partial charge is 0.481 e. The Hall–Kier alpha value is -2.21. The van der Waals surface area contributed by atoms with Crippen molar-refractivity contribution in [3.8, 4) is 5.75 Å². The highest BCUT2D eigenvalue weighted by atomic mass is 35.5. The first kappa shape index (κ1) is 20.1. The van der Waals surface area contributed by atoms with E-state index in [1.54, 1.807) is 13.0 Å². The normalized spacial score (nSPS) is 12.6. The minimum Gasteiger partial charge on any atom is -0.481 e. The third-order valence-electron chi connectivity index (χ3n) is 3.96. The molecule has 1 amide bonds. The summed E-state index contributed by atoms with van der Waals surface area (Å²) >= 11 is 5.58. The fraction of sp³-hybridized carbons (Fsp3) is 0.316. The summed E-state index contributed by atoms with van der Waals surface area (Å²) in [5.74, 6) is 0.00311. The van der Waals surface area contributed by atoms with E-state index in [-0.39, 0.29) is 5.69 Å². The average molecular weight is 386 g/mol. The van der Waals surface area contributed by atoms with Crippen LogP contribution in [0.2, 0.25) is 5.02 Å². The van der Waals surface area contributed by atoms with Crippen molar-refractivity contribution in [2.24, 2.45) is 0 Å². The van der Waals surface area contributed by atoms with Gasteiger partial charge in [0.1, 0.15) is 5.75 Å². The third kappa shape index (κ3) is 4.91. The number of rotatable bonds is 5. The van der Waals surface area contributed by atoms with Crippen LogP contribution < -0.4 is 10.1 Å². The topological polar surface area (TPSA) is 38.3 Å². The Morgan fingerprint density at radius 1 is 1.15 bits per heavy atom. The highest BCUT2D eigenvalue weighted by molar-refractivity contribution is 6.31. The summed E-state index contributed by atoms with van der Waals surface area (Å²) in [6.07, 6.45) is -5.07. The lowest BCUT2D eigenvalue weighted by atomic mass is 10.1. The summed E-state index contributed by atoms with van der Waals surface area (Å²) < 4.78 is 44.5. The van der Waals surface area contributed by atoms with Crippen molar-refractivity contribution in [1.29, 1.82) is 0 Å². The number of ether oxygens (including phenoxy) is 1. The molecule has 0 saturated heterocycles. The number of benzene rings is 2.